The van der Waals surface area contributed by atoms with E-state index in [1.54, 1.807) is 0 Å². The number of carbonyl (C=O) groups is 2. The normalized spacial score (nSPS) is 10.3. The molecule has 31 heavy (non-hydrogen) atoms. The zero-order valence-corrected chi connectivity index (χ0v) is 22.4. The van der Waals surface area contributed by atoms with Crippen molar-refractivity contribution < 1.29 is 20.9 Å². The summed E-state index contributed by atoms with van der Waals surface area (Å²) in [7, 11) is 7.64. The first-order valence-corrected chi connectivity index (χ1v) is 11.7. The molecule has 2 rings (SSSR count). The quantitative estimate of drug-likeness (QED) is 0.372. The molecular formula is C16H23Cl5N4O4S2. The Bertz CT molecular complexity index is 839. The third kappa shape index (κ3) is 12.5. The van der Waals surface area contributed by atoms with Crippen molar-refractivity contribution in [3.63, 3.8) is 0 Å². The molecule has 2 aromatic heterocycles. The largest absolute Gasteiger partial charge is 0.460 e. The predicted molar refractivity (Wildman–Crippen MR) is 131 cm³/mol. The molecule has 8 nitrogen and oxygen atoms in total. The fourth-order valence-corrected chi connectivity index (χ4v) is 3.75. The molecule has 178 valence electrons. The Morgan fingerprint density at radius 2 is 1.39 bits per heavy atom. The average molecular weight is 577 g/mol. The van der Waals surface area contributed by atoms with Gasteiger partial charge in [0.15, 0.2) is 15.2 Å². The zero-order valence-electron chi connectivity index (χ0n) is 17.0. The van der Waals surface area contributed by atoms with Gasteiger partial charge in [-0.1, -0.05) is 46.4 Å². The fourth-order valence-electron chi connectivity index (χ4n) is 1.35. The summed E-state index contributed by atoms with van der Waals surface area (Å²) in [6.07, 6.45) is 0. The summed E-state index contributed by atoms with van der Waals surface area (Å²) < 4.78 is 12.3. The van der Waals surface area contributed by atoms with Crippen molar-refractivity contribution in [1.29, 1.82) is 0 Å². The highest BCUT2D eigenvalue weighted by Crippen LogP contribution is 2.29. The van der Waals surface area contributed by atoms with Crippen LogP contribution in [0.3, 0.4) is 0 Å². The monoisotopic (exact) mass is 574 g/mol. The molecular weight excluding hydrogens is 554 g/mol. The van der Waals surface area contributed by atoms with Gasteiger partial charge in [0, 0.05) is 14.5 Å². The molecule has 15 heteroatoms. The molecule has 0 radical (unpaired) electrons. The summed E-state index contributed by atoms with van der Waals surface area (Å²) >= 11 is 29.2. The smallest absolute Gasteiger partial charge is 0.351 e. The lowest BCUT2D eigenvalue weighted by molar-refractivity contribution is 0.0487. The minimum Gasteiger partial charge on any atom is -0.460 e. The van der Waals surface area contributed by atoms with Crippen molar-refractivity contribution >= 4 is 92.3 Å². The van der Waals surface area contributed by atoms with Crippen LogP contribution < -0.4 is 0 Å². The van der Waals surface area contributed by atoms with Crippen molar-refractivity contribution in [2.24, 2.45) is 0 Å². The fraction of sp³-hybridized carbons (Fsp3) is 0.500. The number of carbonyl (C=O) groups excluding carboxylic acids is 2. The van der Waals surface area contributed by atoms with E-state index in [0.29, 0.717) is 13.2 Å². The Hall–Kier alpha value is -0.270. The molecule has 2 aromatic rings. The van der Waals surface area contributed by atoms with Gasteiger partial charge < -0.3 is 19.6 Å². The number of hydrogen-bond acceptors (Lipinski definition) is 10. The van der Waals surface area contributed by atoms with E-state index >= 15 is 0 Å². The van der Waals surface area contributed by atoms with Crippen LogP contribution in [0.1, 0.15) is 20.8 Å². The van der Waals surface area contributed by atoms with Crippen molar-refractivity contribution in [3.05, 3.63) is 30.1 Å². The van der Waals surface area contributed by atoms with Gasteiger partial charge in [-0.2, -0.15) is 8.75 Å². The van der Waals surface area contributed by atoms with Gasteiger partial charge in [-0.3, -0.25) is 4.79 Å². The maximum atomic E-state index is 11.4. The second-order valence-corrected chi connectivity index (χ2v) is 9.33. The number of aromatic nitrogens is 2. The van der Waals surface area contributed by atoms with E-state index in [1.165, 1.54) is 0 Å². The van der Waals surface area contributed by atoms with Crippen LogP contribution in [0.25, 0.3) is 0 Å². The standard InChI is InChI=1S/C8H10Cl2N2O2S.C4Cl3NOS.C4H11NO.H2/c1-12(2)3-4-14-8(13)6-5(9)7(10)11-15-6;5-1-2(4(7)9)10-8-3(1)6;1-5(2)3-4-6;/h3-4H2,1-2H3;;6H,3-4H2,1-2H3;1H. The molecule has 0 atom stereocenters. The van der Waals surface area contributed by atoms with E-state index in [-0.39, 0.29) is 38.1 Å². The van der Waals surface area contributed by atoms with Crippen LogP contribution in [0.4, 0.5) is 0 Å². The number of esters is 1. The lowest BCUT2D eigenvalue weighted by Gasteiger charge is -2.08. The van der Waals surface area contributed by atoms with Gasteiger partial charge in [-0.05, 0) is 62.9 Å². The first kappa shape index (κ1) is 30.7. The Morgan fingerprint density at radius 1 is 0.935 bits per heavy atom. The second kappa shape index (κ2) is 16.4. The molecule has 1 N–H and O–H groups in total. The Balaban J connectivity index is 0. The topological polar surface area (TPSA) is 95.9 Å². The second-order valence-electron chi connectivity index (χ2n) is 5.97. The van der Waals surface area contributed by atoms with Crippen LogP contribution in [-0.4, -0.2) is 89.4 Å². The number of likely N-dealkylation sites (N-methyl/N-ethyl adjacent to an activating group) is 2. The van der Waals surface area contributed by atoms with E-state index in [1.807, 2.05) is 38.0 Å². The summed E-state index contributed by atoms with van der Waals surface area (Å²) in [5.74, 6) is -0.480. The van der Waals surface area contributed by atoms with Gasteiger partial charge in [0.05, 0.1) is 6.61 Å². The van der Waals surface area contributed by atoms with E-state index < -0.39 is 11.2 Å². The number of aliphatic hydroxyl groups excluding tert-OH is 1. The number of hydrogen-bond donors (Lipinski definition) is 1. The summed E-state index contributed by atoms with van der Waals surface area (Å²) in [5.41, 5.74) is 0. The highest BCUT2D eigenvalue weighted by Gasteiger charge is 2.18. The minimum atomic E-state index is -0.630. The summed E-state index contributed by atoms with van der Waals surface area (Å²) in [4.78, 5) is 26.2. The van der Waals surface area contributed by atoms with Gasteiger partial charge in [0.2, 0.25) is 0 Å². The highest BCUT2D eigenvalue weighted by atomic mass is 35.5. The Labute approximate surface area is 215 Å². The van der Waals surface area contributed by atoms with Crippen molar-refractivity contribution in [2.45, 2.75) is 0 Å². The molecule has 2 heterocycles. The molecule has 0 aliphatic carbocycles. The number of rotatable bonds is 7. The van der Waals surface area contributed by atoms with Crippen molar-refractivity contribution in [1.82, 2.24) is 18.5 Å². The van der Waals surface area contributed by atoms with Gasteiger partial charge >= 0.3 is 5.97 Å². The van der Waals surface area contributed by atoms with Gasteiger partial charge in [0.1, 0.15) is 21.5 Å². The average Bonchev–Trinajstić information content (AvgIpc) is 3.18. The van der Waals surface area contributed by atoms with Gasteiger partial charge in [-0.15, -0.1) is 0 Å². The van der Waals surface area contributed by atoms with Crippen LogP contribution in [0, 0.1) is 0 Å². The van der Waals surface area contributed by atoms with Crippen molar-refractivity contribution in [2.75, 3.05) is 54.5 Å². The number of nitrogens with zero attached hydrogens (tertiary/aromatic N) is 4. The molecule has 0 spiro atoms. The molecule has 0 unspecified atom stereocenters. The van der Waals surface area contributed by atoms with Crippen molar-refractivity contribution in [3.8, 4) is 0 Å². The first-order chi connectivity index (χ1) is 14.4. The maximum Gasteiger partial charge on any atom is 0.351 e. The van der Waals surface area contributed by atoms with Crippen LogP contribution in [0.15, 0.2) is 0 Å². The summed E-state index contributed by atoms with van der Waals surface area (Å²) in [6.45, 7) is 2.00. The van der Waals surface area contributed by atoms with Gasteiger partial charge in [-0.25, -0.2) is 4.79 Å². The van der Waals surface area contributed by atoms with E-state index in [4.69, 9.17) is 67.8 Å². The highest BCUT2D eigenvalue weighted by molar-refractivity contribution is 7.11. The van der Waals surface area contributed by atoms with Crippen LogP contribution >= 0.6 is 81.1 Å². The first-order valence-electron chi connectivity index (χ1n) is 8.30. The third-order valence-electron chi connectivity index (χ3n) is 2.88. The summed E-state index contributed by atoms with van der Waals surface area (Å²) in [5, 5.41) is 8.12. The molecule has 0 amide bonds. The van der Waals surface area contributed by atoms with Crippen LogP contribution in [0.5, 0.6) is 0 Å². The number of aliphatic hydroxyl groups is 1. The van der Waals surface area contributed by atoms with E-state index in [2.05, 4.69) is 8.75 Å². The Morgan fingerprint density at radius 3 is 1.65 bits per heavy atom. The van der Waals surface area contributed by atoms with E-state index in [9.17, 15) is 9.59 Å². The Kier molecular flexibility index (Phi) is 16.2. The summed E-state index contributed by atoms with van der Waals surface area (Å²) in [6, 6.07) is 0. The van der Waals surface area contributed by atoms with E-state index in [0.717, 1.165) is 29.6 Å². The molecule has 0 aliphatic heterocycles. The third-order valence-corrected chi connectivity index (χ3v) is 6.75. The van der Waals surface area contributed by atoms with Crippen LogP contribution in [-0.2, 0) is 4.74 Å². The molecule has 0 bridgehead atoms. The van der Waals surface area contributed by atoms with Crippen LogP contribution in [0.2, 0.25) is 20.4 Å². The molecule has 0 saturated carbocycles. The number of halogens is 5. The minimum absolute atomic E-state index is 0. The number of ether oxygens (including phenoxy) is 1. The van der Waals surface area contributed by atoms with Gasteiger partial charge in [0.25, 0.3) is 5.24 Å². The molecule has 0 fully saturated rings. The predicted octanol–water partition coefficient (Wildman–Crippen LogP) is 4.78. The molecule has 0 aromatic carbocycles. The molecule has 0 saturated heterocycles. The molecule has 0 aliphatic rings. The SMILES string of the molecule is CN(C)CCO.CN(C)CCOC(=O)c1snc(Cl)c1Cl.O=C(Cl)c1snc(Cl)c1Cl.[HH]. The lowest BCUT2D eigenvalue weighted by Crippen LogP contribution is -2.19. The zero-order chi connectivity index (χ0) is 24.1. The maximum absolute atomic E-state index is 11.4. The lowest BCUT2D eigenvalue weighted by atomic mass is 10.5.